The molecule has 23 heavy (non-hydrogen) atoms. The van der Waals surface area contributed by atoms with E-state index < -0.39 is 5.97 Å². The number of aromatic amines is 1. The van der Waals surface area contributed by atoms with E-state index in [1.165, 1.54) is 11.8 Å². The fourth-order valence-electron chi connectivity index (χ4n) is 2.93. The maximum absolute atomic E-state index is 12.5. The summed E-state index contributed by atoms with van der Waals surface area (Å²) in [6.45, 7) is 4.33. The van der Waals surface area contributed by atoms with Crippen LogP contribution >= 0.6 is 0 Å². The number of esters is 1. The highest BCUT2D eigenvalue weighted by Crippen LogP contribution is 2.17. The number of pyridine rings is 1. The molecule has 5 nitrogen and oxygen atoms in total. The molecule has 1 aromatic heterocycles. The smallest absolute Gasteiger partial charge is 0.343 e. The first-order chi connectivity index (χ1) is 11.2. The highest BCUT2D eigenvalue weighted by molar-refractivity contribution is 5.89. The van der Waals surface area contributed by atoms with Gasteiger partial charge < -0.3 is 9.72 Å². The number of nitrogens with zero attached hydrogens (tertiary/aromatic N) is 1. The van der Waals surface area contributed by atoms with Crippen LogP contribution in [0.15, 0.2) is 41.3 Å². The van der Waals surface area contributed by atoms with Crippen LogP contribution in [0.4, 0.5) is 0 Å². The van der Waals surface area contributed by atoms with E-state index in [1.807, 2.05) is 18.2 Å². The molecule has 1 aliphatic rings. The molecular weight excluding hydrogens is 292 g/mol. The van der Waals surface area contributed by atoms with Gasteiger partial charge >= 0.3 is 5.97 Å². The van der Waals surface area contributed by atoms with Crippen LogP contribution in [-0.2, 0) is 24.2 Å². The predicted octanol–water partition coefficient (Wildman–Crippen LogP) is 2.11. The Hall–Kier alpha value is -2.40. The van der Waals surface area contributed by atoms with E-state index in [2.05, 4.69) is 22.0 Å². The number of carbonyl (C=O) groups is 1. The standard InChI is InChI=1S/C18H20N2O3/c1-2-23-18(22)15-10-19-16-12-20(9-8-14(16)17(15)21)11-13-6-4-3-5-7-13/h3-7,10H,2,8-9,11-12H2,1H3,(H,19,21). The van der Waals surface area contributed by atoms with Crippen molar-refractivity contribution >= 4 is 5.97 Å². The number of hydrogen-bond acceptors (Lipinski definition) is 4. The molecule has 1 aliphatic heterocycles. The van der Waals surface area contributed by atoms with Crippen LogP contribution in [0.1, 0.15) is 34.1 Å². The molecule has 0 radical (unpaired) electrons. The number of aromatic nitrogens is 1. The van der Waals surface area contributed by atoms with Gasteiger partial charge in [0.1, 0.15) is 5.56 Å². The van der Waals surface area contributed by atoms with Crippen LogP contribution in [0.5, 0.6) is 0 Å². The van der Waals surface area contributed by atoms with Crippen LogP contribution in [-0.4, -0.2) is 29.0 Å². The number of hydrogen-bond donors (Lipinski definition) is 1. The lowest BCUT2D eigenvalue weighted by atomic mass is 10.0. The fourth-order valence-corrected chi connectivity index (χ4v) is 2.93. The maximum atomic E-state index is 12.5. The average molecular weight is 312 g/mol. The van der Waals surface area contributed by atoms with Gasteiger partial charge in [-0.05, 0) is 18.9 Å². The number of rotatable bonds is 4. The summed E-state index contributed by atoms with van der Waals surface area (Å²) in [7, 11) is 0. The highest BCUT2D eigenvalue weighted by Gasteiger charge is 2.23. The zero-order chi connectivity index (χ0) is 16.2. The summed E-state index contributed by atoms with van der Waals surface area (Å²) in [5.41, 5.74) is 2.75. The lowest BCUT2D eigenvalue weighted by molar-refractivity contribution is 0.0524. The molecule has 2 aromatic rings. The lowest BCUT2D eigenvalue weighted by Crippen LogP contribution is -2.35. The number of fused-ring (bicyclic) bond motifs is 1. The van der Waals surface area contributed by atoms with E-state index in [9.17, 15) is 9.59 Å². The lowest BCUT2D eigenvalue weighted by Gasteiger charge is -2.28. The number of H-pyrrole nitrogens is 1. The summed E-state index contributed by atoms with van der Waals surface area (Å²) in [6.07, 6.45) is 2.12. The second kappa shape index (κ2) is 6.79. The Balaban J connectivity index is 1.78. The Morgan fingerprint density at radius 2 is 2.09 bits per heavy atom. The van der Waals surface area contributed by atoms with Gasteiger partial charge in [0, 0.05) is 37.1 Å². The number of carbonyl (C=O) groups excluding carboxylic acids is 1. The minimum absolute atomic E-state index is 0.0992. The third kappa shape index (κ3) is 3.35. The monoisotopic (exact) mass is 312 g/mol. The molecule has 3 rings (SSSR count). The zero-order valence-corrected chi connectivity index (χ0v) is 13.2. The quantitative estimate of drug-likeness (QED) is 0.878. The van der Waals surface area contributed by atoms with Crippen molar-refractivity contribution in [2.75, 3.05) is 13.2 Å². The Labute approximate surface area is 134 Å². The molecule has 1 aromatic carbocycles. The van der Waals surface area contributed by atoms with Crippen molar-refractivity contribution < 1.29 is 9.53 Å². The van der Waals surface area contributed by atoms with Gasteiger partial charge in [0.2, 0.25) is 0 Å². The van der Waals surface area contributed by atoms with Gasteiger partial charge in [-0.2, -0.15) is 0 Å². The van der Waals surface area contributed by atoms with Crippen LogP contribution in [0, 0.1) is 0 Å². The summed E-state index contributed by atoms with van der Waals surface area (Å²) in [5, 5.41) is 0. The SMILES string of the molecule is CCOC(=O)c1c[nH]c2c(c1=O)CCN(Cc1ccccc1)C2. The van der Waals surface area contributed by atoms with Gasteiger partial charge in [-0.25, -0.2) is 4.79 Å². The van der Waals surface area contributed by atoms with E-state index in [0.29, 0.717) is 18.5 Å². The molecule has 0 spiro atoms. The van der Waals surface area contributed by atoms with Crippen molar-refractivity contribution in [1.82, 2.24) is 9.88 Å². The zero-order valence-electron chi connectivity index (χ0n) is 13.2. The van der Waals surface area contributed by atoms with Crippen molar-refractivity contribution in [3.05, 3.63) is 69.1 Å². The van der Waals surface area contributed by atoms with Crippen molar-refractivity contribution in [2.45, 2.75) is 26.4 Å². The summed E-state index contributed by atoms with van der Waals surface area (Å²) in [6, 6.07) is 10.3. The molecule has 0 atom stereocenters. The molecule has 1 N–H and O–H groups in total. The van der Waals surface area contributed by atoms with Gasteiger partial charge in [0.05, 0.1) is 6.61 Å². The molecule has 0 aliphatic carbocycles. The predicted molar refractivity (Wildman–Crippen MR) is 87.3 cm³/mol. The maximum Gasteiger partial charge on any atom is 0.343 e. The fraction of sp³-hybridized carbons (Fsp3) is 0.333. The average Bonchev–Trinajstić information content (AvgIpc) is 2.56. The van der Waals surface area contributed by atoms with Crippen molar-refractivity contribution in [3.63, 3.8) is 0 Å². The first-order valence-corrected chi connectivity index (χ1v) is 7.86. The first kappa shape index (κ1) is 15.5. The third-order valence-corrected chi connectivity index (χ3v) is 4.08. The molecule has 5 heteroatoms. The molecule has 0 bridgehead atoms. The van der Waals surface area contributed by atoms with E-state index in [1.54, 1.807) is 6.92 Å². The van der Waals surface area contributed by atoms with Crippen molar-refractivity contribution in [3.8, 4) is 0 Å². The van der Waals surface area contributed by atoms with Gasteiger partial charge in [-0.1, -0.05) is 30.3 Å². The van der Waals surface area contributed by atoms with E-state index >= 15 is 0 Å². The molecule has 2 heterocycles. The van der Waals surface area contributed by atoms with E-state index in [0.717, 1.165) is 18.8 Å². The Bertz CT molecular complexity index is 753. The topological polar surface area (TPSA) is 62.4 Å². The third-order valence-electron chi connectivity index (χ3n) is 4.08. The van der Waals surface area contributed by atoms with Gasteiger partial charge in [-0.15, -0.1) is 0 Å². The number of ether oxygens (including phenoxy) is 1. The molecule has 0 unspecified atom stereocenters. The molecule has 0 fully saturated rings. The van der Waals surface area contributed by atoms with Crippen LogP contribution in [0.3, 0.4) is 0 Å². The van der Waals surface area contributed by atoms with Gasteiger partial charge in [0.25, 0.3) is 0 Å². The molecular formula is C18H20N2O3. The minimum atomic E-state index is -0.553. The van der Waals surface area contributed by atoms with Gasteiger partial charge in [-0.3, -0.25) is 9.69 Å². The van der Waals surface area contributed by atoms with Crippen LogP contribution < -0.4 is 5.43 Å². The Kier molecular flexibility index (Phi) is 4.57. The van der Waals surface area contributed by atoms with Crippen LogP contribution in [0.25, 0.3) is 0 Å². The van der Waals surface area contributed by atoms with E-state index in [-0.39, 0.29) is 17.6 Å². The normalized spacial score (nSPS) is 14.3. The summed E-state index contributed by atoms with van der Waals surface area (Å²) < 4.78 is 4.93. The summed E-state index contributed by atoms with van der Waals surface area (Å²) in [5.74, 6) is -0.553. The summed E-state index contributed by atoms with van der Waals surface area (Å²) >= 11 is 0. The second-order valence-corrected chi connectivity index (χ2v) is 5.66. The number of nitrogens with one attached hydrogen (secondary N) is 1. The first-order valence-electron chi connectivity index (χ1n) is 7.86. The van der Waals surface area contributed by atoms with Crippen molar-refractivity contribution in [2.24, 2.45) is 0 Å². The Morgan fingerprint density at radius 1 is 1.30 bits per heavy atom. The largest absolute Gasteiger partial charge is 0.462 e. The molecule has 0 saturated heterocycles. The van der Waals surface area contributed by atoms with E-state index in [4.69, 9.17) is 4.74 Å². The molecule has 0 saturated carbocycles. The number of benzene rings is 1. The molecule has 120 valence electrons. The van der Waals surface area contributed by atoms with Crippen molar-refractivity contribution in [1.29, 1.82) is 0 Å². The highest BCUT2D eigenvalue weighted by atomic mass is 16.5. The summed E-state index contributed by atoms with van der Waals surface area (Å²) in [4.78, 5) is 29.7. The second-order valence-electron chi connectivity index (χ2n) is 5.66. The van der Waals surface area contributed by atoms with Gasteiger partial charge in [0.15, 0.2) is 5.43 Å². The Morgan fingerprint density at radius 3 is 2.83 bits per heavy atom. The molecule has 0 amide bonds. The van der Waals surface area contributed by atoms with Crippen LogP contribution in [0.2, 0.25) is 0 Å². The minimum Gasteiger partial charge on any atom is -0.462 e.